The standard InChI is InChI=1S/C46H76NO11P/c1-3-5-7-9-11-13-15-17-18-19-20-21-23-25-27-29-31-35-45(49)57-40(38-55-59(52,53)56-39-41(47)46(50)51)37-54-44(48)36-32-34-43-42(58-43)33-30-28-26-24-22-16-14-12-10-8-6-4-2/h11-14,17-18,20-22,24,28,30,40-43H,3-10,15-16,19,23,25-27,29,31-39,47H2,1-2H3,(H,50,51)(H,52,53)/b13-11-,14-12-,18-17-,21-20-,24-22-,30-28-/t40-,41+,42?,43?/m1/s1. The van der Waals surface area contributed by atoms with Gasteiger partial charge in [0.15, 0.2) is 6.10 Å². The number of nitrogens with two attached hydrogens (primary N) is 1. The van der Waals surface area contributed by atoms with Gasteiger partial charge >= 0.3 is 25.7 Å². The fourth-order valence-corrected chi connectivity index (χ4v) is 6.52. The second-order valence-corrected chi connectivity index (χ2v) is 16.3. The van der Waals surface area contributed by atoms with Crippen LogP contribution in [0.5, 0.6) is 0 Å². The zero-order valence-electron chi connectivity index (χ0n) is 36.0. The molecular formula is C46H76NO11P. The summed E-state index contributed by atoms with van der Waals surface area (Å²) in [7, 11) is -4.75. The lowest BCUT2D eigenvalue weighted by Gasteiger charge is -2.20. The number of ether oxygens (including phenoxy) is 3. The Morgan fingerprint density at radius 3 is 1.68 bits per heavy atom. The number of unbranched alkanes of at least 4 members (excludes halogenated alkanes) is 10. The molecule has 3 unspecified atom stereocenters. The van der Waals surface area contributed by atoms with Crippen molar-refractivity contribution in [3.05, 3.63) is 72.9 Å². The fraction of sp³-hybridized carbons (Fsp3) is 0.674. The van der Waals surface area contributed by atoms with Crippen molar-refractivity contribution >= 4 is 25.7 Å². The van der Waals surface area contributed by atoms with E-state index < -0.39 is 57.7 Å². The molecule has 1 aliphatic rings. The van der Waals surface area contributed by atoms with Crippen LogP contribution in [0.25, 0.3) is 0 Å². The summed E-state index contributed by atoms with van der Waals surface area (Å²) in [6.07, 6.45) is 45.5. The first-order chi connectivity index (χ1) is 28.6. The third-order valence-electron chi connectivity index (χ3n) is 9.35. The first-order valence-corrected chi connectivity index (χ1v) is 23.6. The molecular weight excluding hydrogens is 773 g/mol. The highest BCUT2D eigenvalue weighted by atomic mass is 31.2. The zero-order chi connectivity index (χ0) is 43.2. The highest BCUT2D eigenvalue weighted by molar-refractivity contribution is 7.47. The molecule has 59 heavy (non-hydrogen) atoms. The molecule has 1 fully saturated rings. The smallest absolute Gasteiger partial charge is 0.472 e. The van der Waals surface area contributed by atoms with E-state index in [1.54, 1.807) is 0 Å². The maximum Gasteiger partial charge on any atom is 0.472 e. The fourth-order valence-electron chi connectivity index (χ4n) is 5.74. The van der Waals surface area contributed by atoms with Gasteiger partial charge in [-0.05, 0) is 89.9 Å². The SMILES string of the molecule is CCCCC/C=C\C/C=C\C/C=C\CCCCCCC(=O)O[C@H](COC(=O)CCCC1OC1C/C=C\C/C=C\C/C=C\CCCCC)COP(=O)(O)OC[C@H](N)C(=O)O. The molecule has 1 aliphatic heterocycles. The van der Waals surface area contributed by atoms with Crippen molar-refractivity contribution in [3.8, 4) is 0 Å². The van der Waals surface area contributed by atoms with E-state index in [1.165, 1.54) is 38.5 Å². The molecule has 4 N–H and O–H groups in total. The van der Waals surface area contributed by atoms with Crippen molar-refractivity contribution in [2.24, 2.45) is 5.73 Å². The summed E-state index contributed by atoms with van der Waals surface area (Å²) >= 11 is 0. The van der Waals surface area contributed by atoms with Crippen LogP contribution >= 0.6 is 7.82 Å². The van der Waals surface area contributed by atoms with Gasteiger partial charge in [-0.2, -0.15) is 0 Å². The Morgan fingerprint density at radius 2 is 1.12 bits per heavy atom. The highest BCUT2D eigenvalue weighted by Gasteiger charge is 2.36. The highest BCUT2D eigenvalue weighted by Crippen LogP contribution is 2.43. The van der Waals surface area contributed by atoms with Gasteiger partial charge in [-0.3, -0.25) is 23.4 Å². The average Bonchev–Trinajstić information content (AvgIpc) is 3.97. The molecule has 336 valence electrons. The summed E-state index contributed by atoms with van der Waals surface area (Å²) in [5, 5.41) is 8.90. The number of carbonyl (C=O) groups is 3. The van der Waals surface area contributed by atoms with E-state index in [1.807, 2.05) is 0 Å². The number of hydrogen-bond donors (Lipinski definition) is 3. The Labute approximate surface area is 355 Å². The van der Waals surface area contributed by atoms with Crippen molar-refractivity contribution in [1.29, 1.82) is 0 Å². The van der Waals surface area contributed by atoms with Gasteiger partial charge in [0.05, 0.1) is 25.4 Å². The molecule has 0 radical (unpaired) electrons. The van der Waals surface area contributed by atoms with E-state index in [4.69, 9.17) is 29.6 Å². The monoisotopic (exact) mass is 850 g/mol. The summed E-state index contributed by atoms with van der Waals surface area (Å²) in [4.78, 5) is 46.1. The lowest BCUT2D eigenvalue weighted by Crippen LogP contribution is -2.34. The minimum absolute atomic E-state index is 0.0946. The number of phosphoric acid groups is 1. The summed E-state index contributed by atoms with van der Waals surface area (Å²) in [5.74, 6) is -2.50. The lowest BCUT2D eigenvalue weighted by atomic mass is 10.1. The molecule has 1 heterocycles. The minimum Gasteiger partial charge on any atom is -0.480 e. The molecule has 0 aromatic rings. The molecule has 0 aromatic carbocycles. The number of carbonyl (C=O) groups excluding carboxylic acids is 2. The van der Waals surface area contributed by atoms with Crippen LogP contribution in [0.2, 0.25) is 0 Å². The molecule has 5 atom stereocenters. The number of rotatable bonds is 39. The Bertz CT molecular complexity index is 1340. The van der Waals surface area contributed by atoms with Crippen LogP contribution in [0.3, 0.4) is 0 Å². The molecule has 0 saturated carbocycles. The van der Waals surface area contributed by atoms with Crippen molar-refractivity contribution in [3.63, 3.8) is 0 Å². The van der Waals surface area contributed by atoms with E-state index in [-0.39, 0.29) is 25.0 Å². The lowest BCUT2D eigenvalue weighted by molar-refractivity contribution is -0.161. The average molecular weight is 850 g/mol. The molecule has 13 heteroatoms. The van der Waals surface area contributed by atoms with Gasteiger partial charge in [0.1, 0.15) is 12.6 Å². The number of carboxylic acids is 1. The molecule has 0 aliphatic carbocycles. The quantitative estimate of drug-likeness (QED) is 0.0175. The third-order valence-corrected chi connectivity index (χ3v) is 10.3. The molecule has 12 nitrogen and oxygen atoms in total. The first-order valence-electron chi connectivity index (χ1n) is 22.1. The van der Waals surface area contributed by atoms with Crippen LogP contribution in [0.1, 0.15) is 155 Å². The van der Waals surface area contributed by atoms with Gasteiger partial charge in [0.25, 0.3) is 0 Å². The predicted octanol–water partition coefficient (Wildman–Crippen LogP) is 10.7. The molecule has 0 aromatic heterocycles. The number of aliphatic carboxylic acids is 1. The van der Waals surface area contributed by atoms with E-state index in [2.05, 4.69) is 91.3 Å². The Hall–Kier alpha value is -3.12. The number of hydrogen-bond acceptors (Lipinski definition) is 10. The van der Waals surface area contributed by atoms with Gasteiger partial charge in [0.2, 0.25) is 0 Å². The van der Waals surface area contributed by atoms with Gasteiger partial charge in [-0.15, -0.1) is 0 Å². The van der Waals surface area contributed by atoms with Gasteiger partial charge in [-0.25, -0.2) is 4.57 Å². The summed E-state index contributed by atoms with van der Waals surface area (Å²) < 4.78 is 38.4. The third kappa shape index (κ3) is 34.3. The van der Waals surface area contributed by atoms with Crippen LogP contribution in [-0.2, 0) is 42.2 Å². The second kappa shape index (κ2) is 36.7. The molecule has 0 bridgehead atoms. The van der Waals surface area contributed by atoms with Crippen LogP contribution < -0.4 is 5.73 Å². The van der Waals surface area contributed by atoms with Crippen LogP contribution in [0.15, 0.2) is 72.9 Å². The molecule has 0 spiro atoms. The summed E-state index contributed by atoms with van der Waals surface area (Å²) in [6.45, 7) is 2.63. The van der Waals surface area contributed by atoms with Crippen LogP contribution in [0.4, 0.5) is 0 Å². The number of carboxylic acid groups (broad SMARTS) is 1. The number of esters is 2. The predicted molar refractivity (Wildman–Crippen MR) is 235 cm³/mol. The van der Waals surface area contributed by atoms with E-state index in [0.29, 0.717) is 19.3 Å². The maximum atomic E-state index is 12.7. The molecule has 0 amide bonds. The van der Waals surface area contributed by atoms with E-state index in [0.717, 1.165) is 70.6 Å². The number of epoxide rings is 1. The molecule has 1 rings (SSSR count). The number of phosphoric ester groups is 1. The van der Waals surface area contributed by atoms with Crippen LogP contribution in [-0.4, -0.2) is 72.1 Å². The van der Waals surface area contributed by atoms with Crippen molar-refractivity contribution in [2.45, 2.75) is 179 Å². The van der Waals surface area contributed by atoms with Crippen molar-refractivity contribution in [2.75, 3.05) is 19.8 Å². The Kier molecular flexibility index (Phi) is 33.5. The number of allylic oxidation sites excluding steroid dienone is 11. The second-order valence-electron chi connectivity index (χ2n) is 14.9. The van der Waals surface area contributed by atoms with Gasteiger partial charge in [-0.1, -0.05) is 125 Å². The largest absolute Gasteiger partial charge is 0.480 e. The summed E-state index contributed by atoms with van der Waals surface area (Å²) in [6, 6.07) is -1.54. The van der Waals surface area contributed by atoms with Crippen LogP contribution in [0, 0.1) is 0 Å². The molecule has 1 saturated heterocycles. The van der Waals surface area contributed by atoms with Crippen molar-refractivity contribution < 1.29 is 52.2 Å². The Balaban J connectivity index is 2.36. The topological polar surface area (TPSA) is 184 Å². The van der Waals surface area contributed by atoms with Gasteiger partial charge < -0.3 is 29.9 Å². The minimum atomic E-state index is -4.75. The van der Waals surface area contributed by atoms with E-state index in [9.17, 15) is 23.8 Å². The maximum absolute atomic E-state index is 12.7. The van der Waals surface area contributed by atoms with Crippen molar-refractivity contribution in [1.82, 2.24) is 0 Å². The Morgan fingerprint density at radius 1 is 0.627 bits per heavy atom. The first kappa shape index (κ1) is 53.9. The summed E-state index contributed by atoms with van der Waals surface area (Å²) in [5.41, 5.74) is 5.33. The van der Waals surface area contributed by atoms with Gasteiger partial charge in [0, 0.05) is 12.8 Å². The zero-order valence-corrected chi connectivity index (χ0v) is 36.9. The normalized spacial score (nSPS) is 17.8. The van der Waals surface area contributed by atoms with E-state index >= 15 is 0 Å².